The number of hydrogen-bond acceptors (Lipinski definition) is 4. The van der Waals surface area contributed by atoms with Crippen LogP contribution < -0.4 is 5.32 Å². The topological polar surface area (TPSA) is 71.3 Å². The summed E-state index contributed by atoms with van der Waals surface area (Å²) in [5, 5.41) is 7.29. The highest BCUT2D eigenvalue weighted by Crippen LogP contribution is 2.39. The van der Waals surface area contributed by atoms with E-state index in [1.54, 1.807) is 0 Å². The second kappa shape index (κ2) is 5.89. The van der Waals surface area contributed by atoms with Gasteiger partial charge in [-0.05, 0) is 44.9 Å². The molecule has 4 rings (SSSR count). The Bertz CT molecular complexity index is 534. The van der Waals surface area contributed by atoms with Gasteiger partial charge in [-0.1, -0.05) is 18.0 Å². The molecule has 22 heavy (non-hydrogen) atoms. The second-order valence-electron chi connectivity index (χ2n) is 6.90. The van der Waals surface area contributed by atoms with Crippen LogP contribution in [0.2, 0.25) is 0 Å². The van der Waals surface area contributed by atoms with Crippen LogP contribution in [0.15, 0.2) is 4.52 Å². The lowest BCUT2D eigenvalue weighted by atomic mass is 10.0. The molecule has 1 atom stereocenters. The number of aromatic nitrogens is 2. The smallest absolute Gasteiger partial charge is 0.318 e. The molecule has 1 N–H and O–H groups in total. The summed E-state index contributed by atoms with van der Waals surface area (Å²) in [5.74, 6) is 1.95. The summed E-state index contributed by atoms with van der Waals surface area (Å²) in [6.07, 6.45) is 10.1. The van der Waals surface area contributed by atoms with E-state index in [4.69, 9.17) is 4.52 Å². The third-order valence-electron chi connectivity index (χ3n) is 5.13. The molecule has 0 unspecified atom stereocenters. The average molecular weight is 304 g/mol. The zero-order valence-corrected chi connectivity index (χ0v) is 13.0. The normalized spacial score (nSPS) is 26.4. The Hall–Kier alpha value is -1.59. The van der Waals surface area contributed by atoms with Crippen molar-refractivity contribution >= 4 is 6.03 Å². The first-order valence-corrected chi connectivity index (χ1v) is 8.72. The third-order valence-corrected chi connectivity index (χ3v) is 5.13. The minimum atomic E-state index is -0.0462. The molecule has 1 aromatic rings. The summed E-state index contributed by atoms with van der Waals surface area (Å²) >= 11 is 0. The lowest BCUT2D eigenvalue weighted by Crippen LogP contribution is -2.47. The molecule has 3 aliphatic rings. The predicted molar refractivity (Wildman–Crippen MR) is 80.4 cm³/mol. The highest BCUT2D eigenvalue weighted by Gasteiger charge is 2.35. The molecule has 2 aliphatic carbocycles. The highest BCUT2D eigenvalue weighted by molar-refractivity contribution is 5.75. The minimum Gasteiger partial charge on any atom is -0.337 e. The Labute approximate surface area is 130 Å². The monoisotopic (exact) mass is 304 g/mol. The van der Waals surface area contributed by atoms with Crippen molar-refractivity contribution in [2.24, 2.45) is 0 Å². The van der Waals surface area contributed by atoms with Crippen LogP contribution in [0.5, 0.6) is 0 Å². The summed E-state index contributed by atoms with van der Waals surface area (Å²) < 4.78 is 5.47. The van der Waals surface area contributed by atoms with E-state index in [0.717, 1.165) is 57.3 Å². The fraction of sp³-hybridized carbons (Fsp3) is 0.812. The van der Waals surface area contributed by atoms with E-state index in [-0.39, 0.29) is 12.1 Å². The Balaban J connectivity index is 1.46. The number of amides is 2. The van der Waals surface area contributed by atoms with Crippen molar-refractivity contribution in [1.29, 1.82) is 0 Å². The molecule has 1 aromatic heterocycles. The number of nitrogens with zero attached hydrogens (tertiary/aromatic N) is 3. The van der Waals surface area contributed by atoms with Gasteiger partial charge in [-0.3, -0.25) is 0 Å². The summed E-state index contributed by atoms with van der Waals surface area (Å²) in [4.78, 5) is 19.1. The molecule has 0 bridgehead atoms. The Morgan fingerprint density at radius 1 is 1.09 bits per heavy atom. The maximum Gasteiger partial charge on any atom is 0.318 e. The van der Waals surface area contributed by atoms with Gasteiger partial charge in [-0.2, -0.15) is 4.98 Å². The number of carbonyl (C=O) groups is 1. The van der Waals surface area contributed by atoms with Crippen LogP contribution in [-0.2, 0) is 0 Å². The first-order chi connectivity index (χ1) is 10.8. The van der Waals surface area contributed by atoms with Crippen molar-refractivity contribution in [3.63, 3.8) is 0 Å². The van der Waals surface area contributed by atoms with Gasteiger partial charge in [0.2, 0.25) is 5.89 Å². The van der Waals surface area contributed by atoms with Crippen LogP contribution >= 0.6 is 0 Å². The predicted octanol–water partition coefficient (Wildman–Crippen LogP) is 3.13. The number of urea groups is 1. The molecule has 1 aliphatic heterocycles. The number of likely N-dealkylation sites (tertiary alicyclic amines) is 1. The number of nitrogens with one attached hydrogen (secondary N) is 1. The van der Waals surface area contributed by atoms with Crippen molar-refractivity contribution in [3.05, 3.63) is 11.7 Å². The van der Waals surface area contributed by atoms with Gasteiger partial charge >= 0.3 is 6.03 Å². The van der Waals surface area contributed by atoms with Gasteiger partial charge in [0.15, 0.2) is 5.82 Å². The van der Waals surface area contributed by atoms with E-state index in [2.05, 4.69) is 15.5 Å². The van der Waals surface area contributed by atoms with E-state index in [0.29, 0.717) is 17.9 Å². The summed E-state index contributed by atoms with van der Waals surface area (Å²) in [6.45, 7) is 0.782. The van der Waals surface area contributed by atoms with Gasteiger partial charge in [0, 0.05) is 18.5 Å². The van der Waals surface area contributed by atoms with Gasteiger partial charge in [0.05, 0.1) is 0 Å². The van der Waals surface area contributed by atoms with Gasteiger partial charge in [-0.25, -0.2) is 4.79 Å². The van der Waals surface area contributed by atoms with Crippen molar-refractivity contribution in [2.75, 3.05) is 6.54 Å². The van der Waals surface area contributed by atoms with E-state index in [1.807, 2.05) is 4.90 Å². The van der Waals surface area contributed by atoms with Gasteiger partial charge in [0.25, 0.3) is 0 Å². The third kappa shape index (κ3) is 2.83. The maximum atomic E-state index is 12.6. The van der Waals surface area contributed by atoms with Gasteiger partial charge < -0.3 is 14.7 Å². The maximum absolute atomic E-state index is 12.6. The Morgan fingerprint density at radius 2 is 1.86 bits per heavy atom. The number of rotatable bonds is 3. The highest BCUT2D eigenvalue weighted by atomic mass is 16.5. The van der Waals surface area contributed by atoms with Gasteiger partial charge in [-0.15, -0.1) is 0 Å². The molecule has 0 spiro atoms. The lowest BCUT2D eigenvalue weighted by molar-refractivity contribution is 0.129. The summed E-state index contributed by atoms with van der Waals surface area (Å²) in [5.41, 5.74) is 0. The van der Waals surface area contributed by atoms with E-state index < -0.39 is 0 Å². The lowest BCUT2D eigenvalue weighted by Gasteiger charge is -2.34. The van der Waals surface area contributed by atoms with Crippen LogP contribution in [0, 0.1) is 0 Å². The molecule has 120 valence electrons. The Kier molecular flexibility index (Phi) is 3.76. The molecule has 2 amide bonds. The molecular weight excluding hydrogens is 280 g/mol. The fourth-order valence-electron chi connectivity index (χ4n) is 3.65. The van der Waals surface area contributed by atoms with Crippen molar-refractivity contribution < 1.29 is 9.32 Å². The summed E-state index contributed by atoms with van der Waals surface area (Å²) in [6, 6.07) is 0.345. The number of carbonyl (C=O) groups excluding carboxylic acids is 1. The quantitative estimate of drug-likeness (QED) is 0.931. The zero-order chi connectivity index (χ0) is 14.9. The Morgan fingerprint density at radius 3 is 2.64 bits per heavy atom. The summed E-state index contributed by atoms with van der Waals surface area (Å²) in [7, 11) is 0. The molecule has 6 heteroatoms. The van der Waals surface area contributed by atoms with Gasteiger partial charge in [0.1, 0.15) is 6.04 Å². The first kappa shape index (κ1) is 14.0. The molecule has 2 heterocycles. The molecule has 1 saturated heterocycles. The standard InChI is InChI=1S/C16H24N4O2/c21-16(17-12-5-1-2-6-12)20-10-4-3-7-13(20)15-18-14(19-22-15)11-8-9-11/h11-13H,1-10H2,(H,17,21)/t13-/m1/s1. The van der Waals surface area contributed by atoms with E-state index >= 15 is 0 Å². The molecule has 3 fully saturated rings. The molecular formula is C16H24N4O2. The first-order valence-electron chi connectivity index (χ1n) is 8.72. The minimum absolute atomic E-state index is 0.0442. The molecule has 2 saturated carbocycles. The second-order valence-corrected chi connectivity index (χ2v) is 6.90. The van der Waals surface area contributed by atoms with Crippen molar-refractivity contribution in [3.8, 4) is 0 Å². The van der Waals surface area contributed by atoms with Crippen LogP contribution in [0.1, 0.15) is 81.5 Å². The molecule has 0 radical (unpaired) electrons. The largest absolute Gasteiger partial charge is 0.337 e. The van der Waals surface area contributed by atoms with Crippen molar-refractivity contribution in [1.82, 2.24) is 20.4 Å². The van der Waals surface area contributed by atoms with Crippen LogP contribution in [-0.4, -0.2) is 33.7 Å². The fourth-order valence-corrected chi connectivity index (χ4v) is 3.65. The number of piperidine rings is 1. The average Bonchev–Trinajstić information content (AvgIpc) is 3.06. The van der Waals surface area contributed by atoms with E-state index in [9.17, 15) is 4.79 Å². The van der Waals surface area contributed by atoms with Crippen molar-refractivity contribution in [2.45, 2.75) is 75.8 Å². The van der Waals surface area contributed by atoms with Crippen LogP contribution in [0.3, 0.4) is 0 Å². The van der Waals surface area contributed by atoms with E-state index in [1.165, 1.54) is 12.8 Å². The zero-order valence-electron chi connectivity index (χ0n) is 13.0. The molecule has 6 nitrogen and oxygen atoms in total. The number of hydrogen-bond donors (Lipinski definition) is 1. The molecule has 0 aromatic carbocycles. The van der Waals surface area contributed by atoms with Crippen LogP contribution in [0.4, 0.5) is 4.79 Å². The SMILES string of the molecule is O=C(NC1CCCC1)N1CCCC[C@@H]1c1nc(C2CC2)no1. The van der Waals surface area contributed by atoms with Crippen LogP contribution in [0.25, 0.3) is 0 Å².